The van der Waals surface area contributed by atoms with Crippen molar-refractivity contribution in [2.45, 2.75) is 18.9 Å². The predicted octanol–water partition coefficient (Wildman–Crippen LogP) is 1.66. The lowest BCUT2D eigenvalue weighted by molar-refractivity contribution is -0.131. The summed E-state index contributed by atoms with van der Waals surface area (Å²) in [5.41, 5.74) is 1.35. The van der Waals surface area contributed by atoms with Crippen molar-refractivity contribution in [2.75, 3.05) is 18.4 Å². The molecule has 2 rings (SSSR count). The number of carbonyl (C=O) groups is 2. The molecule has 1 aliphatic rings. The Morgan fingerprint density at radius 3 is 2.76 bits per heavy atom. The molecule has 0 spiro atoms. The molecule has 1 fully saturated rings. The first-order valence-corrected chi connectivity index (χ1v) is 6.93. The topological polar surface area (TPSA) is 90.5 Å². The van der Waals surface area contributed by atoms with E-state index in [1.807, 2.05) is 0 Å². The number of anilines is 1. The fraction of sp³-hybridized carbons (Fsp3) is 0.333. The third-order valence-electron chi connectivity index (χ3n) is 3.24. The summed E-state index contributed by atoms with van der Waals surface area (Å²) in [7, 11) is 0. The molecule has 0 bridgehead atoms. The Hall–Kier alpha value is -2.34. The molecule has 6 heteroatoms. The van der Waals surface area contributed by atoms with Crippen molar-refractivity contribution in [3.05, 3.63) is 35.9 Å². The van der Waals surface area contributed by atoms with Gasteiger partial charge in [-0.1, -0.05) is 12.1 Å². The van der Waals surface area contributed by atoms with Gasteiger partial charge in [-0.15, -0.1) is 0 Å². The summed E-state index contributed by atoms with van der Waals surface area (Å²) in [6, 6.07) is 6.99. The summed E-state index contributed by atoms with van der Waals surface area (Å²) >= 11 is 0. The van der Waals surface area contributed by atoms with E-state index in [0.717, 1.165) is 37.6 Å². The average Bonchev–Trinajstić information content (AvgIpc) is 2.46. The lowest BCUT2D eigenvalue weighted by Gasteiger charge is -2.23. The fourth-order valence-corrected chi connectivity index (χ4v) is 2.21. The first-order chi connectivity index (χ1) is 10.1. The minimum absolute atomic E-state index is 0.196. The number of hydrogen-bond acceptors (Lipinski definition) is 3. The van der Waals surface area contributed by atoms with Gasteiger partial charge >= 0.3 is 12.0 Å². The molecule has 4 N–H and O–H groups in total. The lowest BCUT2D eigenvalue weighted by atomic mass is 10.1. The summed E-state index contributed by atoms with van der Waals surface area (Å²) in [5.74, 6) is -1.00. The highest BCUT2D eigenvalue weighted by Gasteiger charge is 2.15. The van der Waals surface area contributed by atoms with E-state index in [0.29, 0.717) is 5.69 Å². The third-order valence-corrected chi connectivity index (χ3v) is 3.24. The number of benzene rings is 1. The molecular weight excluding hydrogens is 270 g/mol. The molecule has 0 aromatic heterocycles. The molecular formula is C15H19N3O3. The maximum Gasteiger partial charge on any atom is 0.328 e. The second-order valence-corrected chi connectivity index (χ2v) is 4.92. The van der Waals surface area contributed by atoms with Crippen molar-refractivity contribution in [2.24, 2.45) is 0 Å². The fourth-order valence-electron chi connectivity index (χ4n) is 2.21. The molecule has 0 saturated carbocycles. The molecule has 0 unspecified atom stereocenters. The number of urea groups is 1. The van der Waals surface area contributed by atoms with Crippen LogP contribution >= 0.6 is 0 Å². The normalized spacial score (nSPS) is 15.8. The predicted molar refractivity (Wildman–Crippen MR) is 81.2 cm³/mol. The van der Waals surface area contributed by atoms with Crippen molar-refractivity contribution in [1.29, 1.82) is 0 Å². The van der Waals surface area contributed by atoms with Crippen LogP contribution in [0, 0.1) is 0 Å². The highest BCUT2D eigenvalue weighted by atomic mass is 16.4. The first-order valence-electron chi connectivity index (χ1n) is 6.93. The number of carboxylic acid groups (broad SMARTS) is 1. The number of hydrogen-bond donors (Lipinski definition) is 4. The molecule has 112 valence electrons. The van der Waals surface area contributed by atoms with Crippen LogP contribution in [0.3, 0.4) is 0 Å². The van der Waals surface area contributed by atoms with E-state index < -0.39 is 5.97 Å². The van der Waals surface area contributed by atoms with Crippen molar-refractivity contribution in [3.63, 3.8) is 0 Å². The second-order valence-electron chi connectivity index (χ2n) is 4.92. The second kappa shape index (κ2) is 7.44. The number of amides is 2. The van der Waals surface area contributed by atoms with Crippen LogP contribution in [0.25, 0.3) is 6.08 Å². The van der Waals surface area contributed by atoms with Crippen molar-refractivity contribution < 1.29 is 14.7 Å². The highest BCUT2D eigenvalue weighted by Crippen LogP contribution is 2.12. The number of nitrogens with one attached hydrogen (secondary N) is 3. The molecule has 1 aromatic rings. The number of rotatable bonds is 4. The van der Waals surface area contributed by atoms with E-state index in [1.54, 1.807) is 24.3 Å². The Balaban J connectivity index is 1.90. The number of carbonyl (C=O) groups excluding carboxylic acids is 1. The zero-order chi connectivity index (χ0) is 15.1. The van der Waals surface area contributed by atoms with Crippen molar-refractivity contribution >= 4 is 23.8 Å². The third kappa shape index (κ3) is 5.27. The quantitative estimate of drug-likeness (QED) is 0.634. The average molecular weight is 289 g/mol. The van der Waals surface area contributed by atoms with E-state index in [9.17, 15) is 9.59 Å². The van der Waals surface area contributed by atoms with Gasteiger partial charge in [-0.25, -0.2) is 9.59 Å². The summed E-state index contributed by atoms with van der Waals surface area (Å²) in [6.45, 7) is 1.83. The molecule has 0 aliphatic carbocycles. The minimum atomic E-state index is -1.00. The smallest absolute Gasteiger partial charge is 0.328 e. The molecule has 1 heterocycles. The Bertz CT molecular complexity index is 537. The molecule has 0 atom stereocenters. The zero-order valence-electron chi connectivity index (χ0n) is 11.6. The Morgan fingerprint density at radius 2 is 2.05 bits per heavy atom. The van der Waals surface area contributed by atoms with Crippen LogP contribution in [0.15, 0.2) is 30.3 Å². The van der Waals surface area contributed by atoms with Crippen LogP contribution in [-0.4, -0.2) is 36.2 Å². The molecule has 2 amide bonds. The molecule has 21 heavy (non-hydrogen) atoms. The van der Waals surface area contributed by atoms with Crippen LogP contribution in [0.4, 0.5) is 10.5 Å². The van der Waals surface area contributed by atoms with Gasteiger partial charge in [-0.3, -0.25) is 0 Å². The molecule has 6 nitrogen and oxygen atoms in total. The maximum atomic E-state index is 11.9. The van der Waals surface area contributed by atoms with Crippen LogP contribution in [0.5, 0.6) is 0 Å². The standard InChI is InChI=1S/C15H19N3O3/c19-14(20)5-4-11-2-1-3-13(10-11)18-15(21)17-12-6-8-16-9-7-12/h1-5,10,12,16H,6-9H2,(H,19,20)(H2,17,18,21)/b5-4+. The molecule has 1 aliphatic heterocycles. The number of aliphatic carboxylic acids is 1. The van der Waals surface area contributed by atoms with Gasteiger partial charge in [-0.05, 0) is 49.7 Å². The van der Waals surface area contributed by atoms with Gasteiger partial charge in [0, 0.05) is 17.8 Å². The molecule has 0 radical (unpaired) electrons. The summed E-state index contributed by atoms with van der Waals surface area (Å²) < 4.78 is 0. The summed E-state index contributed by atoms with van der Waals surface area (Å²) in [5, 5.41) is 17.5. The van der Waals surface area contributed by atoms with Gasteiger partial charge in [0.2, 0.25) is 0 Å². The molecule has 1 saturated heterocycles. The molecule has 1 aromatic carbocycles. The monoisotopic (exact) mass is 289 g/mol. The SMILES string of the molecule is O=C(O)/C=C/c1cccc(NC(=O)NC2CCNCC2)c1. The number of carboxylic acids is 1. The van der Waals surface area contributed by atoms with Gasteiger partial charge in [0.1, 0.15) is 0 Å². The Kier molecular flexibility index (Phi) is 5.34. The van der Waals surface area contributed by atoms with Gasteiger partial charge in [-0.2, -0.15) is 0 Å². The zero-order valence-corrected chi connectivity index (χ0v) is 11.6. The largest absolute Gasteiger partial charge is 0.478 e. The van der Waals surface area contributed by atoms with Crippen molar-refractivity contribution in [3.8, 4) is 0 Å². The highest BCUT2D eigenvalue weighted by molar-refractivity contribution is 5.90. The summed E-state index contributed by atoms with van der Waals surface area (Å²) in [6.07, 6.45) is 4.40. The van der Waals surface area contributed by atoms with Gasteiger partial charge in [0.25, 0.3) is 0 Å². The van der Waals surface area contributed by atoms with E-state index in [-0.39, 0.29) is 12.1 Å². The van der Waals surface area contributed by atoms with E-state index in [4.69, 9.17) is 5.11 Å². The van der Waals surface area contributed by atoms with Crippen LogP contribution in [-0.2, 0) is 4.79 Å². The first kappa shape index (κ1) is 15.1. The van der Waals surface area contributed by atoms with Crippen LogP contribution < -0.4 is 16.0 Å². The van der Waals surface area contributed by atoms with Gasteiger partial charge in [0.15, 0.2) is 0 Å². The van der Waals surface area contributed by atoms with Crippen LogP contribution in [0.2, 0.25) is 0 Å². The van der Waals surface area contributed by atoms with E-state index in [2.05, 4.69) is 16.0 Å². The number of piperidine rings is 1. The van der Waals surface area contributed by atoms with E-state index >= 15 is 0 Å². The maximum absolute atomic E-state index is 11.9. The summed E-state index contributed by atoms with van der Waals surface area (Å²) in [4.78, 5) is 22.4. The lowest BCUT2D eigenvalue weighted by Crippen LogP contribution is -2.44. The minimum Gasteiger partial charge on any atom is -0.478 e. The Morgan fingerprint density at radius 1 is 1.29 bits per heavy atom. The Labute approximate surface area is 123 Å². The van der Waals surface area contributed by atoms with Gasteiger partial charge in [0.05, 0.1) is 0 Å². The van der Waals surface area contributed by atoms with Gasteiger partial charge < -0.3 is 21.1 Å². The van der Waals surface area contributed by atoms with Crippen LogP contribution in [0.1, 0.15) is 18.4 Å². The van der Waals surface area contributed by atoms with E-state index in [1.165, 1.54) is 6.08 Å². The van der Waals surface area contributed by atoms with Crippen molar-refractivity contribution in [1.82, 2.24) is 10.6 Å².